The zero-order valence-corrected chi connectivity index (χ0v) is 11.6. The quantitative estimate of drug-likeness (QED) is 0.789. The average Bonchev–Trinajstić information content (AvgIpc) is 2.41. The molecule has 0 spiro atoms. The molecule has 1 N–H and O–H groups in total. The molecule has 0 saturated carbocycles. The highest BCUT2D eigenvalue weighted by Gasteiger charge is 2.41. The summed E-state index contributed by atoms with van der Waals surface area (Å²) in [5, 5.41) is 8.62. The number of aromatic nitrogens is 2. The Bertz CT molecular complexity index is 480. The van der Waals surface area contributed by atoms with E-state index < -0.39 is 11.6 Å². The summed E-state index contributed by atoms with van der Waals surface area (Å²) < 4.78 is 15.5. The Labute approximate surface area is 116 Å². The molecule has 2 heterocycles. The summed E-state index contributed by atoms with van der Waals surface area (Å²) in [4.78, 5) is 20.8. The molecule has 0 aromatic carbocycles. The van der Waals surface area contributed by atoms with E-state index in [0.717, 1.165) is 0 Å². The van der Waals surface area contributed by atoms with Gasteiger partial charge in [-0.3, -0.25) is 0 Å². The van der Waals surface area contributed by atoms with Crippen LogP contribution < -0.4 is 14.4 Å². The predicted octanol–water partition coefficient (Wildman–Crippen LogP) is 0.174. The smallest absolute Gasteiger partial charge is 0.329 e. The van der Waals surface area contributed by atoms with Crippen LogP contribution in [0.5, 0.6) is 11.8 Å². The van der Waals surface area contributed by atoms with Crippen molar-refractivity contribution in [3.05, 3.63) is 6.07 Å². The third-order valence-corrected chi connectivity index (χ3v) is 2.96. The summed E-state index contributed by atoms with van der Waals surface area (Å²) in [6.45, 7) is 2.56. The van der Waals surface area contributed by atoms with E-state index in [4.69, 9.17) is 19.3 Å². The number of carbonyl (C=O) groups is 1. The highest BCUT2D eigenvalue weighted by molar-refractivity contribution is 5.68. The van der Waals surface area contributed by atoms with Crippen molar-refractivity contribution in [3.63, 3.8) is 0 Å². The lowest BCUT2D eigenvalue weighted by atomic mass is 9.97. The van der Waals surface area contributed by atoms with Gasteiger partial charge in [-0.2, -0.15) is 9.97 Å². The molecule has 1 aromatic rings. The molecular formula is C12H17N3O5. The van der Waals surface area contributed by atoms with Gasteiger partial charge in [0.25, 0.3) is 0 Å². The largest absolute Gasteiger partial charge is 0.481 e. The Hall–Kier alpha value is -2.09. The van der Waals surface area contributed by atoms with Gasteiger partial charge < -0.3 is 24.2 Å². The van der Waals surface area contributed by atoms with Gasteiger partial charge in [-0.15, -0.1) is 0 Å². The van der Waals surface area contributed by atoms with Gasteiger partial charge in [-0.1, -0.05) is 0 Å². The van der Waals surface area contributed by atoms with Gasteiger partial charge in [-0.25, -0.2) is 4.79 Å². The minimum Gasteiger partial charge on any atom is -0.481 e. The maximum absolute atomic E-state index is 10.5. The molecule has 0 radical (unpaired) electrons. The molecule has 0 atom stereocenters. The van der Waals surface area contributed by atoms with Gasteiger partial charge in [0.15, 0.2) is 0 Å². The first-order valence-electron chi connectivity index (χ1n) is 6.03. The van der Waals surface area contributed by atoms with E-state index in [1.807, 2.05) is 11.8 Å². The molecule has 110 valence electrons. The van der Waals surface area contributed by atoms with Crippen LogP contribution in [0.4, 0.5) is 5.95 Å². The van der Waals surface area contributed by atoms with E-state index in [0.29, 0.717) is 30.8 Å². The van der Waals surface area contributed by atoms with Crippen molar-refractivity contribution in [2.75, 3.05) is 38.8 Å². The van der Waals surface area contributed by atoms with Crippen molar-refractivity contribution < 1.29 is 24.1 Å². The van der Waals surface area contributed by atoms with Gasteiger partial charge in [0.2, 0.25) is 17.7 Å². The summed E-state index contributed by atoms with van der Waals surface area (Å²) in [5.74, 6) is 0.306. The highest BCUT2D eigenvalue weighted by Crippen LogP contribution is 2.30. The van der Waals surface area contributed by atoms with E-state index in [2.05, 4.69) is 9.97 Å². The van der Waals surface area contributed by atoms with Crippen molar-refractivity contribution in [2.24, 2.45) is 0 Å². The number of ether oxygens (including phenoxy) is 3. The van der Waals surface area contributed by atoms with Gasteiger partial charge >= 0.3 is 5.97 Å². The minimum absolute atomic E-state index is 0.313. The molecule has 8 heteroatoms. The first-order chi connectivity index (χ1) is 9.45. The normalized spacial score (nSPS) is 16.4. The second-order valence-electron chi connectivity index (χ2n) is 4.74. The number of aliphatic carboxylic acids is 1. The van der Waals surface area contributed by atoms with Gasteiger partial charge in [-0.05, 0) is 6.92 Å². The molecule has 8 nitrogen and oxygen atoms in total. The summed E-state index contributed by atoms with van der Waals surface area (Å²) in [7, 11) is 3.03. The lowest BCUT2D eigenvalue weighted by Crippen LogP contribution is -2.62. The second-order valence-corrected chi connectivity index (χ2v) is 4.74. The van der Waals surface area contributed by atoms with Crippen molar-refractivity contribution in [1.82, 2.24) is 9.97 Å². The maximum Gasteiger partial charge on any atom is 0.329 e. The topological polar surface area (TPSA) is 94.0 Å². The van der Waals surface area contributed by atoms with E-state index >= 15 is 0 Å². The average molecular weight is 283 g/mol. The van der Waals surface area contributed by atoms with Crippen molar-refractivity contribution >= 4 is 11.9 Å². The Kier molecular flexibility index (Phi) is 3.93. The molecule has 1 aliphatic heterocycles. The third-order valence-electron chi connectivity index (χ3n) is 2.96. The number of rotatable bonds is 6. The number of hydrogen-bond donors (Lipinski definition) is 1. The molecule has 20 heavy (non-hydrogen) atoms. The summed E-state index contributed by atoms with van der Waals surface area (Å²) in [6, 6.07) is 1.59. The van der Waals surface area contributed by atoms with Crippen LogP contribution in [0.2, 0.25) is 0 Å². The molecule has 0 bridgehead atoms. The molecule has 1 aliphatic rings. The standard InChI is InChI=1S/C12H17N3O5/c1-12(20-5-10(16)17)6-15(7-12)11-13-8(18-2)4-9(14-11)19-3/h4H,5-7H2,1-3H3,(H,16,17). The first kappa shape index (κ1) is 14.3. The fraction of sp³-hybridized carbons (Fsp3) is 0.583. The van der Waals surface area contributed by atoms with Gasteiger partial charge in [0.1, 0.15) is 12.2 Å². The minimum atomic E-state index is -0.982. The zero-order valence-electron chi connectivity index (χ0n) is 11.6. The molecule has 1 saturated heterocycles. The van der Waals surface area contributed by atoms with Crippen LogP contribution in [0.25, 0.3) is 0 Å². The van der Waals surface area contributed by atoms with E-state index in [-0.39, 0.29) is 6.61 Å². The van der Waals surface area contributed by atoms with E-state index in [1.54, 1.807) is 6.07 Å². The van der Waals surface area contributed by atoms with E-state index in [1.165, 1.54) is 14.2 Å². The Morgan fingerprint density at radius 3 is 2.35 bits per heavy atom. The highest BCUT2D eigenvalue weighted by atomic mass is 16.5. The number of anilines is 1. The van der Waals surface area contributed by atoms with Crippen LogP contribution in [0.3, 0.4) is 0 Å². The van der Waals surface area contributed by atoms with Crippen LogP contribution in [0, 0.1) is 0 Å². The SMILES string of the molecule is COc1cc(OC)nc(N2CC(C)(OCC(=O)O)C2)n1. The maximum atomic E-state index is 10.5. The molecule has 2 rings (SSSR count). The van der Waals surface area contributed by atoms with Crippen LogP contribution in [-0.2, 0) is 9.53 Å². The van der Waals surface area contributed by atoms with Gasteiger partial charge in [0, 0.05) is 0 Å². The third kappa shape index (κ3) is 3.08. The van der Waals surface area contributed by atoms with Crippen molar-refractivity contribution in [1.29, 1.82) is 0 Å². The first-order valence-corrected chi connectivity index (χ1v) is 6.03. The zero-order chi connectivity index (χ0) is 14.8. The van der Waals surface area contributed by atoms with Crippen LogP contribution >= 0.6 is 0 Å². The molecule has 1 fully saturated rings. The Morgan fingerprint density at radius 1 is 1.35 bits per heavy atom. The number of hydrogen-bond acceptors (Lipinski definition) is 7. The predicted molar refractivity (Wildman–Crippen MR) is 69.3 cm³/mol. The number of methoxy groups -OCH3 is 2. The Morgan fingerprint density at radius 2 is 1.90 bits per heavy atom. The fourth-order valence-corrected chi connectivity index (χ4v) is 1.97. The second kappa shape index (κ2) is 5.49. The summed E-state index contributed by atoms with van der Waals surface area (Å²) in [6.07, 6.45) is 0. The molecule has 0 aliphatic carbocycles. The lowest BCUT2D eigenvalue weighted by molar-refractivity contribution is -0.150. The Balaban J connectivity index is 2.03. The number of carboxylic acids is 1. The lowest BCUT2D eigenvalue weighted by Gasteiger charge is -2.47. The van der Waals surface area contributed by atoms with Crippen molar-refractivity contribution in [3.8, 4) is 11.8 Å². The summed E-state index contributed by atoms with van der Waals surface area (Å²) in [5.41, 5.74) is -0.502. The molecule has 0 unspecified atom stereocenters. The fourth-order valence-electron chi connectivity index (χ4n) is 1.97. The molecule has 0 amide bonds. The van der Waals surface area contributed by atoms with Crippen molar-refractivity contribution in [2.45, 2.75) is 12.5 Å². The number of nitrogens with zero attached hydrogens (tertiary/aromatic N) is 3. The molecular weight excluding hydrogens is 266 g/mol. The van der Waals surface area contributed by atoms with Crippen LogP contribution in [0.1, 0.15) is 6.92 Å². The molecule has 1 aromatic heterocycles. The number of carboxylic acid groups (broad SMARTS) is 1. The van der Waals surface area contributed by atoms with Gasteiger partial charge in [0.05, 0.1) is 33.4 Å². The van der Waals surface area contributed by atoms with E-state index in [9.17, 15) is 4.79 Å². The van der Waals surface area contributed by atoms with Crippen LogP contribution in [-0.4, -0.2) is 60.6 Å². The van der Waals surface area contributed by atoms with Crippen LogP contribution in [0.15, 0.2) is 6.07 Å². The summed E-state index contributed by atoms with van der Waals surface area (Å²) >= 11 is 0. The monoisotopic (exact) mass is 283 g/mol.